The summed E-state index contributed by atoms with van der Waals surface area (Å²) in [5, 5.41) is 13.4. The number of anilines is 1. The molecule has 38 heavy (non-hydrogen) atoms. The van der Waals surface area contributed by atoms with E-state index in [0.29, 0.717) is 33.7 Å². The maximum atomic E-state index is 13.5. The Balaban J connectivity index is 1.56. The van der Waals surface area contributed by atoms with Gasteiger partial charge in [-0.05, 0) is 46.7 Å². The monoisotopic (exact) mass is 505 g/mol. The third-order valence-corrected chi connectivity index (χ3v) is 6.78. The van der Waals surface area contributed by atoms with Gasteiger partial charge in [-0.2, -0.15) is 0 Å². The Morgan fingerprint density at radius 2 is 1.63 bits per heavy atom. The van der Waals surface area contributed by atoms with Gasteiger partial charge in [-0.15, -0.1) is 0 Å². The molecule has 1 unspecified atom stereocenters. The van der Waals surface area contributed by atoms with Crippen molar-refractivity contribution in [3.63, 3.8) is 0 Å². The molecule has 8 nitrogen and oxygen atoms in total. The number of nitrogens with one attached hydrogen (secondary N) is 1. The van der Waals surface area contributed by atoms with Crippen LogP contribution < -0.4 is 14.4 Å². The smallest absolute Gasteiger partial charge is 0.302 e. The van der Waals surface area contributed by atoms with Crippen molar-refractivity contribution in [3.8, 4) is 11.5 Å². The molecule has 0 radical (unpaired) electrons. The second kappa shape index (κ2) is 9.08. The lowest BCUT2D eigenvalue weighted by molar-refractivity contribution is -0.132. The van der Waals surface area contributed by atoms with Crippen molar-refractivity contribution in [1.29, 1.82) is 0 Å². The highest BCUT2D eigenvalue weighted by atomic mass is 16.5. The van der Waals surface area contributed by atoms with Crippen LogP contribution in [0.5, 0.6) is 11.5 Å². The minimum Gasteiger partial charge on any atom is -0.507 e. The van der Waals surface area contributed by atoms with Crippen molar-refractivity contribution in [1.82, 2.24) is 9.97 Å². The van der Waals surface area contributed by atoms with E-state index in [0.717, 1.165) is 10.8 Å². The Morgan fingerprint density at radius 1 is 0.868 bits per heavy atom. The molecule has 0 bridgehead atoms. The first-order valence-corrected chi connectivity index (χ1v) is 12.0. The third-order valence-electron chi connectivity index (χ3n) is 6.78. The molecule has 0 aliphatic carbocycles. The number of carbonyl (C=O) groups is 2. The highest BCUT2D eigenvalue weighted by molar-refractivity contribution is 6.51. The number of amides is 1. The number of Topliss-reactive ketones (excluding diaryl/α,β-unsaturated/α-hetero) is 1. The summed E-state index contributed by atoms with van der Waals surface area (Å²) in [7, 11) is 3.10. The van der Waals surface area contributed by atoms with Crippen LogP contribution in [0.25, 0.3) is 27.6 Å². The van der Waals surface area contributed by atoms with Gasteiger partial charge in [0.15, 0.2) is 0 Å². The molecule has 0 saturated carbocycles. The van der Waals surface area contributed by atoms with Crippen molar-refractivity contribution < 1.29 is 24.2 Å². The summed E-state index contributed by atoms with van der Waals surface area (Å²) in [6, 6.07) is 24.5. The molecule has 5 aromatic rings. The molecule has 1 fully saturated rings. The topological polar surface area (TPSA) is 105 Å². The summed E-state index contributed by atoms with van der Waals surface area (Å²) in [6.45, 7) is 0. The Kier molecular flexibility index (Phi) is 5.57. The average Bonchev–Trinajstić information content (AvgIpc) is 3.49. The summed E-state index contributed by atoms with van der Waals surface area (Å²) in [5.74, 6) is -0.515. The van der Waals surface area contributed by atoms with Crippen molar-refractivity contribution in [2.24, 2.45) is 0 Å². The normalized spacial score (nSPS) is 16.9. The summed E-state index contributed by atoms with van der Waals surface area (Å²) in [6.07, 6.45) is 0. The van der Waals surface area contributed by atoms with Crippen molar-refractivity contribution in [2.75, 3.05) is 19.1 Å². The molecule has 1 aliphatic rings. The van der Waals surface area contributed by atoms with Gasteiger partial charge in [0.2, 0.25) is 5.95 Å². The number of ketones is 1. The molecule has 8 heteroatoms. The molecule has 4 aromatic carbocycles. The van der Waals surface area contributed by atoms with Crippen LogP contribution in [0.2, 0.25) is 0 Å². The molecule has 1 saturated heterocycles. The lowest BCUT2D eigenvalue weighted by Crippen LogP contribution is -2.30. The zero-order valence-corrected chi connectivity index (χ0v) is 20.6. The van der Waals surface area contributed by atoms with Crippen LogP contribution in [-0.4, -0.2) is 41.0 Å². The number of methoxy groups -OCH3 is 2. The number of aromatic nitrogens is 2. The highest BCUT2D eigenvalue weighted by Gasteiger charge is 2.48. The summed E-state index contributed by atoms with van der Waals surface area (Å²) in [4.78, 5) is 36.1. The first kappa shape index (κ1) is 23.3. The number of H-pyrrole nitrogens is 1. The van der Waals surface area contributed by atoms with E-state index in [2.05, 4.69) is 9.97 Å². The predicted octanol–water partition coefficient (Wildman–Crippen LogP) is 5.36. The first-order chi connectivity index (χ1) is 18.5. The van der Waals surface area contributed by atoms with Gasteiger partial charge in [0.25, 0.3) is 5.78 Å². The van der Waals surface area contributed by atoms with Crippen LogP contribution in [0, 0.1) is 0 Å². The number of aromatic amines is 1. The number of carbonyl (C=O) groups excluding carboxylic acids is 2. The lowest BCUT2D eigenvalue weighted by Gasteiger charge is -2.23. The SMILES string of the molecule is COc1cccc(C2/C(=C(\O)c3ccc4ccccc4c3)C(=O)C(=O)N2c2nc3ccc(OC)cc3[nH]2)c1. The lowest BCUT2D eigenvalue weighted by atomic mass is 9.94. The van der Waals surface area contributed by atoms with Crippen molar-refractivity contribution in [2.45, 2.75) is 6.04 Å². The second-order valence-corrected chi connectivity index (χ2v) is 8.95. The van der Waals surface area contributed by atoms with Gasteiger partial charge in [-0.1, -0.05) is 48.5 Å². The van der Waals surface area contributed by atoms with Gasteiger partial charge >= 0.3 is 5.91 Å². The second-order valence-electron chi connectivity index (χ2n) is 8.95. The molecule has 1 aromatic heterocycles. The van der Waals surface area contributed by atoms with Gasteiger partial charge in [0, 0.05) is 11.6 Å². The van der Waals surface area contributed by atoms with E-state index in [1.807, 2.05) is 30.3 Å². The number of benzene rings is 4. The number of nitrogens with zero attached hydrogens (tertiary/aromatic N) is 2. The zero-order valence-electron chi connectivity index (χ0n) is 20.6. The molecule has 1 atom stereocenters. The zero-order chi connectivity index (χ0) is 26.4. The molecule has 2 heterocycles. The van der Waals surface area contributed by atoms with Gasteiger partial charge < -0.3 is 19.6 Å². The number of hydrogen-bond donors (Lipinski definition) is 2. The first-order valence-electron chi connectivity index (χ1n) is 12.0. The number of rotatable bonds is 5. The van der Waals surface area contributed by atoms with Crippen LogP contribution >= 0.6 is 0 Å². The molecular formula is C30H23N3O5. The number of ether oxygens (including phenoxy) is 2. The quantitative estimate of drug-likeness (QED) is 0.189. The van der Waals surface area contributed by atoms with Crippen LogP contribution in [0.15, 0.2) is 90.5 Å². The predicted molar refractivity (Wildman–Crippen MR) is 144 cm³/mol. The van der Waals surface area contributed by atoms with E-state index in [1.165, 1.54) is 12.0 Å². The Labute approximate surface area is 217 Å². The van der Waals surface area contributed by atoms with E-state index in [1.54, 1.807) is 61.7 Å². The number of fused-ring (bicyclic) bond motifs is 2. The van der Waals surface area contributed by atoms with Crippen molar-refractivity contribution >= 4 is 45.2 Å². The standard InChI is InChI=1S/C30H23N3O5/c1-37-21-9-5-8-19(15-21)26-25(27(34)20-11-10-17-6-3-4-7-18(17)14-20)28(35)29(36)33(26)30-31-23-13-12-22(38-2)16-24(23)32-30/h3-16,26,34H,1-2H3,(H,31,32)/b27-25+. The van der Waals surface area contributed by atoms with Crippen LogP contribution in [0.1, 0.15) is 17.2 Å². The number of hydrogen-bond acceptors (Lipinski definition) is 6. The van der Waals surface area contributed by atoms with Gasteiger partial charge in [-0.25, -0.2) is 4.98 Å². The minimum absolute atomic E-state index is 0.0310. The van der Waals surface area contributed by atoms with E-state index in [4.69, 9.17) is 9.47 Å². The molecule has 2 N–H and O–H groups in total. The van der Waals surface area contributed by atoms with Crippen molar-refractivity contribution in [3.05, 3.63) is 102 Å². The highest BCUT2D eigenvalue weighted by Crippen LogP contribution is 2.42. The van der Waals surface area contributed by atoms with Gasteiger partial charge in [-0.3, -0.25) is 14.5 Å². The molecule has 0 spiro atoms. The van der Waals surface area contributed by atoms with E-state index in [9.17, 15) is 14.7 Å². The number of aliphatic hydroxyl groups is 1. The Hall–Kier alpha value is -5.11. The fraction of sp³-hybridized carbons (Fsp3) is 0.100. The third kappa shape index (κ3) is 3.74. The Morgan fingerprint density at radius 3 is 2.42 bits per heavy atom. The number of imidazole rings is 1. The van der Waals surface area contributed by atoms with E-state index in [-0.39, 0.29) is 17.3 Å². The summed E-state index contributed by atoms with van der Waals surface area (Å²) >= 11 is 0. The number of aliphatic hydroxyl groups excluding tert-OH is 1. The molecule has 188 valence electrons. The van der Waals surface area contributed by atoms with Crippen LogP contribution in [0.4, 0.5) is 5.95 Å². The maximum absolute atomic E-state index is 13.5. The van der Waals surface area contributed by atoms with Gasteiger partial charge in [0.05, 0.1) is 36.9 Å². The molecule has 1 aliphatic heterocycles. The molecular weight excluding hydrogens is 482 g/mol. The van der Waals surface area contributed by atoms with E-state index >= 15 is 0 Å². The fourth-order valence-corrected chi connectivity index (χ4v) is 4.89. The van der Waals surface area contributed by atoms with Gasteiger partial charge in [0.1, 0.15) is 17.3 Å². The molecule has 1 amide bonds. The maximum Gasteiger partial charge on any atom is 0.302 e. The minimum atomic E-state index is -0.945. The Bertz CT molecular complexity index is 1770. The van der Waals surface area contributed by atoms with E-state index < -0.39 is 17.7 Å². The summed E-state index contributed by atoms with van der Waals surface area (Å²) in [5.41, 5.74) is 2.23. The molecule has 6 rings (SSSR count). The largest absolute Gasteiger partial charge is 0.507 e. The average molecular weight is 506 g/mol. The van der Waals surface area contributed by atoms with Crippen LogP contribution in [0.3, 0.4) is 0 Å². The van der Waals surface area contributed by atoms with Crippen LogP contribution in [-0.2, 0) is 9.59 Å². The summed E-state index contributed by atoms with van der Waals surface area (Å²) < 4.78 is 10.7. The fourth-order valence-electron chi connectivity index (χ4n) is 4.89.